The summed E-state index contributed by atoms with van der Waals surface area (Å²) in [6.07, 6.45) is 8.79. The Morgan fingerprint density at radius 1 is 1.05 bits per heavy atom. The second-order valence-electron chi connectivity index (χ2n) is 13.7. The van der Waals surface area contributed by atoms with Gasteiger partial charge >= 0.3 is 29.6 Å². The predicted molar refractivity (Wildman–Crippen MR) is 156 cm³/mol. The molecule has 8 heteroatoms. The molecule has 0 aromatic heterocycles. The van der Waals surface area contributed by atoms with Gasteiger partial charge in [0.25, 0.3) is 0 Å². The molecule has 0 radical (unpaired) electrons. The van der Waals surface area contributed by atoms with Gasteiger partial charge in [-0.05, 0) is 91.9 Å². The average molecular weight is 595 g/mol. The first-order valence-corrected chi connectivity index (χ1v) is 15.7. The summed E-state index contributed by atoms with van der Waals surface area (Å²) in [6, 6.07) is 0. The Hall–Kier alpha value is -0.770. The molecule has 1 unspecified atom stereocenters. The first-order valence-electron chi connectivity index (χ1n) is 15.7. The van der Waals surface area contributed by atoms with Gasteiger partial charge < -0.3 is 34.7 Å². The second kappa shape index (κ2) is 15.0. The molecule has 3 N–H and O–H groups in total. The van der Waals surface area contributed by atoms with Gasteiger partial charge in [-0.2, -0.15) is 0 Å². The summed E-state index contributed by atoms with van der Waals surface area (Å²) in [5, 5.41) is 41.8. The van der Waals surface area contributed by atoms with Crippen LogP contribution in [-0.2, 0) is 14.3 Å². The minimum absolute atomic E-state index is 0. The Morgan fingerprint density at radius 3 is 2.43 bits per heavy atom. The van der Waals surface area contributed by atoms with Gasteiger partial charge in [-0.1, -0.05) is 76.6 Å². The second-order valence-corrected chi connectivity index (χ2v) is 13.7. The molecule has 4 rings (SSSR count). The van der Waals surface area contributed by atoms with Crippen LogP contribution in [0.4, 0.5) is 0 Å². The summed E-state index contributed by atoms with van der Waals surface area (Å²) in [5.74, 6) is 1.41. The zero-order valence-electron chi connectivity index (χ0n) is 26.5. The van der Waals surface area contributed by atoms with Gasteiger partial charge in [-0.15, -0.1) is 0 Å². The maximum Gasteiger partial charge on any atom is 1.00 e. The van der Waals surface area contributed by atoms with Crippen LogP contribution >= 0.6 is 0 Å². The van der Waals surface area contributed by atoms with E-state index in [0.717, 1.165) is 17.6 Å². The molecule has 11 atom stereocenters. The van der Waals surface area contributed by atoms with Crippen molar-refractivity contribution in [3.63, 3.8) is 0 Å². The van der Waals surface area contributed by atoms with E-state index in [0.29, 0.717) is 54.3 Å². The van der Waals surface area contributed by atoms with Gasteiger partial charge in [0.15, 0.2) is 6.29 Å². The van der Waals surface area contributed by atoms with Crippen molar-refractivity contribution in [2.24, 2.45) is 35.0 Å². The van der Waals surface area contributed by atoms with Crippen molar-refractivity contribution in [2.45, 2.75) is 123 Å². The Balaban J connectivity index is 0.00000484. The average Bonchev–Trinajstić information content (AvgIpc) is 3.29. The van der Waals surface area contributed by atoms with E-state index >= 15 is 0 Å². The molecule has 7 nitrogen and oxygen atoms in total. The molecule has 0 aromatic rings. The van der Waals surface area contributed by atoms with E-state index in [1.165, 1.54) is 31.3 Å². The van der Waals surface area contributed by atoms with Crippen LogP contribution in [0.25, 0.3) is 0 Å². The van der Waals surface area contributed by atoms with Crippen molar-refractivity contribution in [3.8, 4) is 0 Å². The fourth-order valence-corrected chi connectivity index (χ4v) is 7.69. The summed E-state index contributed by atoms with van der Waals surface area (Å²) >= 11 is 0. The number of fused-ring (bicyclic) bond motifs is 1. The van der Waals surface area contributed by atoms with E-state index in [-0.39, 0.29) is 35.7 Å². The number of aliphatic carboxylic acids is 1. The monoisotopic (exact) mass is 594 g/mol. The number of rotatable bonds is 8. The van der Waals surface area contributed by atoms with Gasteiger partial charge in [0.2, 0.25) is 0 Å². The molecule has 0 amide bonds. The minimum atomic E-state index is -1.79. The fourth-order valence-electron chi connectivity index (χ4n) is 7.69. The van der Waals surface area contributed by atoms with Crippen LogP contribution in [0.1, 0.15) is 86.0 Å². The molecule has 1 aliphatic heterocycles. The van der Waals surface area contributed by atoms with Gasteiger partial charge in [0.05, 0.1) is 12.1 Å². The minimum Gasteiger partial charge on any atom is -0.547 e. The number of allylic oxidation sites excluding steroid dienone is 6. The standard InChI is InChI=1S/C34H52O7.Na/c1-19(2)20(3)9-10-22(5)26-15-16-27-23(8-7-17-34(26,27)6)12-13-24-18-25(14-11-21(24)4)40-33-30(37)28(35)29(36)31(41-33)32(38)39;/h9-10,12-13,19-20,22,25-31,33,35-37H,4,7-8,11,14-18H2,1-3,5-6H3,(H,38,39);/q;+1/p-1/b10-9+,23-12+,24-13+;/t20-,22+,25-,26+,27?,28-,29-,30+,31-,33+,34+;/m0./s1. The molecule has 0 aromatic carbocycles. The molecule has 4 aliphatic rings. The van der Waals surface area contributed by atoms with Gasteiger partial charge in [-0.3, -0.25) is 0 Å². The molecule has 3 saturated carbocycles. The maximum absolute atomic E-state index is 11.4. The summed E-state index contributed by atoms with van der Waals surface area (Å²) in [6.45, 7) is 16.1. The smallest absolute Gasteiger partial charge is 0.547 e. The summed E-state index contributed by atoms with van der Waals surface area (Å²) in [4.78, 5) is 11.4. The first-order chi connectivity index (χ1) is 19.3. The van der Waals surface area contributed by atoms with Gasteiger partial charge in [0, 0.05) is 0 Å². The maximum atomic E-state index is 11.4. The van der Waals surface area contributed by atoms with E-state index in [1.54, 1.807) is 0 Å². The van der Waals surface area contributed by atoms with E-state index in [4.69, 9.17) is 9.47 Å². The largest absolute Gasteiger partial charge is 1.00 e. The van der Waals surface area contributed by atoms with Crippen LogP contribution in [0.5, 0.6) is 0 Å². The molecule has 230 valence electrons. The number of carboxylic acids is 1. The van der Waals surface area contributed by atoms with E-state index in [9.17, 15) is 25.2 Å². The topological polar surface area (TPSA) is 119 Å². The number of carbonyl (C=O) groups is 1. The normalized spacial score (nSPS) is 40.7. The van der Waals surface area contributed by atoms with Gasteiger partial charge in [0.1, 0.15) is 24.4 Å². The van der Waals surface area contributed by atoms with E-state index in [2.05, 4.69) is 65.5 Å². The van der Waals surface area contributed by atoms with Crippen molar-refractivity contribution >= 4 is 5.97 Å². The Bertz CT molecular complexity index is 1050. The molecule has 4 fully saturated rings. The number of carboxylic acid groups (broad SMARTS) is 1. The third-order valence-electron chi connectivity index (χ3n) is 10.7. The summed E-state index contributed by atoms with van der Waals surface area (Å²) in [5.41, 5.74) is 3.96. The summed E-state index contributed by atoms with van der Waals surface area (Å²) < 4.78 is 11.2. The Morgan fingerprint density at radius 2 is 1.76 bits per heavy atom. The van der Waals surface area contributed by atoms with E-state index in [1.807, 2.05) is 0 Å². The molecule has 42 heavy (non-hydrogen) atoms. The third kappa shape index (κ3) is 7.71. The molecule has 0 bridgehead atoms. The molecular formula is C34H51NaO7. The van der Waals surface area contributed by atoms with Crippen LogP contribution in [0.3, 0.4) is 0 Å². The predicted octanol–water partition coefficient (Wildman–Crippen LogP) is 1.23. The Kier molecular flexibility index (Phi) is 12.8. The molecular weight excluding hydrogens is 543 g/mol. The van der Waals surface area contributed by atoms with Crippen LogP contribution < -0.4 is 34.7 Å². The quantitative estimate of drug-likeness (QED) is 0.286. The fraction of sp³-hybridized carbons (Fsp3) is 0.735. The number of ether oxygens (including phenoxy) is 2. The first kappa shape index (κ1) is 35.7. The van der Waals surface area contributed by atoms with Crippen LogP contribution in [0, 0.1) is 35.0 Å². The van der Waals surface area contributed by atoms with E-state index < -0.39 is 36.7 Å². The number of hydrogen-bond acceptors (Lipinski definition) is 7. The van der Waals surface area contributed by atoms with Gasteiger partial charge in [-0.25, -0.2) is 0 Å². The Labute approximate surface area is 274 Å². The van der Waals surface area contributed by atoms with Crippen molar-refractivity contribution in [1.82, 2.24) is 0 Å². The zero-order valence-corrected chi connectivity index (χ0v) is 28.5. The van der Waals surface area contributed by atoms with Crippen molar-refractivity contribution in [2.75, 3.05) is 0 Å². The van der Waals surface area contributed by atoms with Crippen LogP contribution in [0.15, 0.2) is 47.6 Å². The molecule has 1 heterocycles. The number of carbonyl (C=O) groups excluding carboxylic acids is 1. The van der Waals surface area contributed by atoms with Crippen molar-refractivity contribution in [1.29, 1.82) is 0 Å². The number of aliphatic hydroxyl groups excluding tert-OH is 3. The SMILES string of the molecule is C=C1CC[C@H](O[C@@H]2O[C@H](C(=O)[O-])[C@@H](O)[C@H](O)[C@H]2O)C/C1=C\C=C1/CCC[C@@]2(C)C1CC[C@@H]2[C@H](C)/C=C/[C@H](C)C(C)C.[Na+]. The van der Waals surface area contributed by atoms with Crippen LogP contribution in [-0.4, -0.2) is 58.1 Å². The molecule has 0 spiro atoms. The number of aliphatic hydroxyl groups is 3. The zero-order chi connectivity index (χ0) is 30.1. The summed E-state index contributed by atoms with van der Waals surface area (Å²) in [7, 11) is 0. The van der Waals surface area contributed by atoms with Crippen molar-refractivity contribution < 1.29 is 64.3 Å². The molecule has 1 saturated heterocycles. The van der Waals surface area contributed by atoms with Crippen LogP contribution in [0.2, 0.25) is 0 Å². The van der Waals surface area contributed by atoms with Crippen molar-refractivity contribution in [3.05, 3.63) is 47.6 Å². The number of hydrogen-bond donors (Lipinski definition) is 3. The third-order valence-corrected chi connectivity index (χ3v) is 10.7. The molecule has 3 aliphatic carbocycles.